The zero-order valence-corrected chi connectivity index (χ0v) is 20.5. The maximum Gasteiger partial charge on any atom is 0.191 e. The molecule has 0 bridgehead atoms. The number of hydrogen-bond acceptors (Lipinski definition) is 4. The molecule has 1 aliphatic rings. The Bertz CT molecular complexity index is 844. The molecule has 2 N–H and O–H groups in total. The highest BCUT2D eigenvalue weighted by Crippen LogP contribution is 2.14. The third kappa shape index (κ3) is 8.03. The van der Waals surface area contributed by atoms with E-state index in [-0.39, 0.29) is 36.4 Å². The molecule has 0 radical (unpaired) electrons. The zero-order valence-electron chi connectivity index (χ0n) is 18.2. The van der Waals surface area contributed by atoms with Crippen LogP contribution in [0.1, 0.15) is 22.3 Å². The number of aliphatic imine (C=N–C) groups is 1. The first kappa shape index (κ1) is 25.5. The van der Waals surface area contributed by atoms with Gasteiger partial charge in [-0.15, -0.1) is 24.0 Å². The molecule has 1 aliphatic heterocycles. The number of nitrogens with zero attached hydrogens (tertiary/aromatic N) is 2. The van der Waals surface area contributed by atoms with Crippen molar-refractivity contribution in [3.8, 4) is 0 Å². The minimum Gasteiger partial charge on any atom is -0.380 e. The molecule has 0 spiro atoms. The number of methoxy groups -OCH3 is 1. The molecule has 0 saturated carbocycles. The lowest BCUT2D eigenvalue weighted by Gasteiger charge is -2.27. The highest BCUT2D eigenvalue weighted by Gasteiger charge is 2.13. The van der Waals surface area contributed by atoms with Crippen molar-refractivity contribution in [1.29, 1.82) is 0 Å². The number of rotatable bonds is 8. The van der Waals surface area contributed by atoms with E-state index in [1.807, 2.05) is 6.07 Å². The quantitative estimate of drug-likeness (QED) is 0.305. The highest BCUT2D eigenvalue weighted by molar-refractivity contribution is 14.0. The predicted molar refractivity (Wildman–Crippen MR) is 132 cm³/mol. The maximum atomic E-state index is 13.8. The van der Waals surface area contributed by atoms with Crippen LogP contribution in [0.25, 0.3) is 0 Å². The van der Waals surface area contributed by atoms with Crippen molar-refractivity contribution in [2.75, 3.05) is 40.5 Å². The Balaban J connectivity index is 0.00000341. The fraction of sp³-hybridized carbons (Fsp3) is 0.435. The van der Waals surface area contributed by atoms with Gasteiger partial charge in [0.2, 0.25) is 0 Å². The number of hydrogen-bond donors (Lipinski definition) is 2. The van der Waals surface area contributed by atoms with Crippen LogP contribution in [0.15, 0.2) is 47.5 Å². The molecule has 3 rings (SSSR count). The molecule has 0 aliphatic carbocycles. The van der Waals surface area contributed by atoms with Crippen LogP contribution in [-0.2, 0) is 35.7 Å². The maximum absolute atomic E-state index is 13.8. The lowest BCUT2D eigenvalue weighted by atomic mass is 10.1. The smallest absolute Gasteiger partial charge is 0.191 e. The number of halogens is 2. The Morgan fingerprint density at radius 2 is 1.77 bits per heavy atom. The number of ether oxygens (including phenoxy) is 2. The summed E-state index contributed by atoms with van der Waals surface area (Å²) in [5, 5.41) is 6.68. The van der Waals surface area contributed by atoms with Crippen molar-refractivity contribution in [3.05, 3.63) is 70.5 Å². The SMILES string of the molecule is CN=C(NCc1ccc(F)c(COC)c1)NCc1ccccc1CN1CCOCC1.I. The van der Waals surface area contributed by atoms with Crippen molar-refractivity contribution < 1.29 is 13.9 Å². The van der Waals surface area contributed by atoms with Crippen LogP contribution >= 0.6 is 24.0 Å². The van der Waals surface area contributed by atoms with E-state index in [0.717, 1.165) is 38.4 Å². The summed E-state index contributed by atoms with van der Waals surface area (Å²) in [7, 11) is 3.31. The molecule has 6 nitrogen and oxygen atoms in total. The first-order chi connectivity index (χ1) is 14.7. The second kappa shape index (κ2) is 13.6. The van der Waals surface area contributed by atoms with Gasteiger partial charge in [-0.1, -0.05) is 30.3 Å². The Morgan fingerprint density at radius 3 is 2.48 bits per heavy atom. The Morgan fingerprint density at radius 1 is 1.06 bits per heavy atom. The summed E-state index contributed by atoms with van der Waals surface area (Å²) in [6.07, 6.45) is 0. The van der Waals surface area contributed by atoms with Crippen LogP contribution < -0.4 is 10.6 Å². The van der Waals surface area contributed by atoms with E-state index in [4.69, 9.17) is 9.47 Å². The summed E-state index contributed by atoms with van der Waals surface area (Å²) in [5.74, 6) is 0.453. The van der Waals surface area contributed by atoms with Crippen molar-refractivity contribution >= 4 is 29.9 Å². The fourth-order valence-electron chi connectivity index (χ4n) is 3.47. The van der Waals surface area contributed by atoms with Crippen LogP contribution in [0, 0.1) is 5.82 Å². The summed E-state index contributed by atoms with van der Waals surface area (Å²) >= 11 is 0. The van der Waals surface area contributed by atoms with E-state index < -0.39 is 0 Å². The normalized spacial score (nSPS) is 14.7. The lowest BCUT2D eigenvalue weighted by Crippen LogP contribution is -2.37. The summed E-state index contributed by atoms with van der Waals surface area (Å²) in [5.41, 5.74) is 4.08. The molecule has 0 amide bonds. The summed E-state index contributed by atoms with van der Waals surface area (Å²) in [6.45, 7) is 5.93. The van der Waals surface area contributed by atoms with Crippen molar-refractivity contribution in [2.45, 2.75) is 26.2 Å². The van der Waals surface area contributed by atoms with Crippen molar-refractivity contribution in [1.82, 2.24) is 15.5 Å². The molecule has 170 valence electrons. The van der Waals surface area contributed by atoms with Crippen LogP contribution in [-0.4, -0.2) is 51.3 Å². The second-order valence-corrected chi connectivity index (χ2v) is 7.30. The Labute approximate surface area is 201 Å². The minimum atomic E-state index is -0.250. The summed E-state index contributed by atoms with van der Waals surface area (Å²) in [6, 6.07) is 13.5. The molecule has 2 aromatic carbocycles. The van der Waals surface area contributed by atoms with Gasteiger partial charge in [-0.2, -0.15) is 0 Å². The molecule has 31 heavy (non-hydrogen) atoms. The van der Waals surface area contributed by atoms with E-state index in [1.54, 1.807) is 20.2 Å². The van der Waals surface area contributed by atoms with Gasteiger partial charge in [0.1, 0.15) is 5.82 Å². The molecular weight excluding hydrogens is 510 g/mol. The highest BCUT2D eigenvalue weighted by atomic mass is 127. The van der Waals surface area contributed by atoms with Gasteiger partial charge in [-0.25, -0.2) is 4.39 Å². The van der Waals surface area contributed by atoms with Gasteiger partial charge in [-0.05, 0) is 28.8 Å². The first-order valence-electron chi connectivity index (χ1n) is 10.3. The van der Waals surface area contributed by atoms with E-state index >= 15 is 0 Å². The van der Waals surface area contributed by atoms with Crippen LogP contribution in [0.2, 0.25) is 0 Å². The fourth-order valence-corrected chi connectivity index (χ4v) is 3.47. The number of morpholine rings is 1. The lowest BCUT2D eigenvalue weighted by molar-refractivity contribution is 0.0341. The monoisotopic (exact) mass is 542 g/mol. The third-order valence-corrected chi connectivity index (χ3v) is 5.16. The zero-order chi connectivity index (χ0) is 21.2. The topological polar surface area (TPSA) is 58.1 Å². The van der Waals surface area contributed by atoms with Gasteiger partial charge in [-0.3, -0.25) is 9.89 Å². The second-order valence-electron chi connectivity index (χ2n) is 7.30. The molecule has 8 heteroatoms. The van der Waals surface area contributed by atoms with Crippen molar-refractivity contribution in [2.24, 2.45) is 4.99 Å². The third-order valence-electron chi connectivity index (χ3n) is 5.16. The van der Waals surface area contributed by atoms with E-state index in [0.29, 0.717) is 24.6 Å². The van der Waals surface area contributed by atoms with Crippen LogP contribution in [0.4, 0.5) is 4.39 Å². The predicted octanol–water partition coefficient (Wildman–Crippen LogP) is 3.29. The largest absolute Gasteiger partial charge is 0.380 e. The van der Waals surface area contributed by atoms with Gasteiger partial charge >= 0.3 is 0 Å². The van der Waals surface area contributed by atoms with Gasteiger partial charge in [0.15, 0.2) is 5.96 Å². The minimum absolute atomic E-state index is 0. The molecule has 0 unspecified atom stereocenters. The Hall–Kier alpha value is -1.75. The first-order valence-corrected chi connectivity index (χ1v) is 10.3. The van der Waals surface area contributed by atoms with Gasteiger partial charge in [0.25, 0.3) is 0 Å². The standard InChI is InChI=1S/C23H31FN4O2.HI/c1-25-23(26-14-18-7-8-22(24)21(13-18)17-29-2)27-15-19-5-3-4-6-20(19)16-28-9-11-30-12-10-28;/h3-8,13H,9-12,14-17H2,1-2H3,(H2,25,26,27);1H. The van der Waals surface area contributed by atoms with Gasteiger partial charge in [0.05, 0.1) is 19.8 Å². The van der Waals surface area contributed by atoms with Crippen molar-refractivity contribution in [3.63, 3.8) is 0 Å². The van der Waals surface area contributed by atoms with E-state index in [9.17, 15) is 4.39 Å². The van der Waals surface area contributed by atoms with E-state index in [1.165, 1.54) is 17.2 Å². The molecule has 1 saturated heterocycles. The molecule has 1 fully saturated rings. The van der Waals surface area contributed by atoms with Crippen LogP contribution in [0.3, 0.4) is 0 Å². The van der Waals surface area contributed by atoms with E-state index in [2.05, 4.69) is 44.8 Å². The number of nitrogens with one attached hydrogen (secondary N) is 2. The van der Waals surface area contributed by atoms with Gasteiger partial charge < -0.3 is 20.1 Å². The molecule has 1 heterocycles. The molecular formula is C23H32FIN4O2. The molecule has 0 aromatic heterocycles. The summed E-state index contributed by atoms with van der Waals surface area (Å²) < 4.78 is 24.3. The Kier molecular flexibility index (Phi) is 11.2. The van der Waals surface area contributed by atoms with Gasteiger partial charge in [0, 0.05) is 52.4 Å². The molecule has 0 atom stereocenters. The average Bonchev–Trinajstić information content (AvgIpc) is 2.78. The number of benzene rings is 2. The molecule has 2 aromatic rings. The summed E-state index contributed by atoms with van der Waals surface area (Å²) in [4.78, 5) is 6.73. The van der Waals surface area contributed by atoms with Crippen LogP contribution in [0.5, 0.6) is 0 Å². The average molecular weight is 542 g/mol. The number of guanidine groups is 1.